The van der Waals surface area contributed by atoms with E-state index in [0.717, 1.165) is 28.0 Å². The second-order valence-corrected chi connectivity index (χ2v) is 10.2. The highest BCUT2D eigenvalue weighted by atomic mass is 32.1. The number of benzene rings is 1. The van der Waals surface area contributed by atoms with Gasteiger partial charge in [0.15, 0.2) is 0 Å². The van der Waals surface area contributed by atoms with Gasteiger partial charge in [-0.2, -0.15) is 0 Å². The average molecular weight is 416 g/mol. The number of nitrogens with two attached hydrogens (primary N) is 1. The summed E-state index contributed by atoms with van der Waals surface area (Å²) in [6.45, 7) is 14.7. The number of thiophene rings is 1. The van der Waals surface area contributed by atoms with Crippen LogP contribution in [0, 0.1) is 13.8 Å². The summed E-state index contributed by atoms with van der Waals surface area (Å²) in [5.74, 6) is -0.567. The van der Waals surface area contributed by atoms with Gasteiger partial charge in [0.25, 0.3) is 5.91 Å². The Hall–Kier alpha value is -2.18. The fraction of sp³-hybridized carbons (Fsp3) is 0.478. The summed E-state index contributed by atoms with van der Waals surface area (Å²) < 4.78 is 5.36. The number of carbonyl (C=O) groups is 2. The van der Waals surface area contributed by atoms with E-state index in [9.17, 15) is 9.59 Å². The lowest BCUT2D eigenvalue weighted by atomic mass is 9.81. The Morgan fingerprint density at radius 3 is 2.52 bits per heavy atom. The largest absolute Gasteiger partial charge is 0.462 e. The van der Waals surface area contributed by atoms with E-state index in [1.807, 2.05) is 32.0 Å². The van der Waals surface area contributed by atoms with Crippen molar-refractivity contribution in [3.05, 3.63) is 50.9 Å². The number of fused-ring (bicyclic) bond motifs is 1. The number of ether oxygens (including phenoxy) is 1. The quantitative estimate of drug-likeness (QED) is 0.743. The molecule has 0 unspecified atom stereocenters. The predicted molar refractivity (Wildman–Crippen MR) is 117 cm³/mol. The van der Waals surface area contributed by atoms with Crippen LogP contribution in [0.3, 0.4) is 0 Å². The number of carbonyl (C=O) groups excluding carboxylic acids is 2. The Morgan fingerprint density at radius 2 is 1.90 bits per heavy atom. The predicted octanol–water partition coefficient (Wildman–Crippen LogP) is 3.93. The van der Waals surface area contributed by atoms with Crippen LogP contribution in [0.2, 0.25) is 0 Å². The van der Waals surface area contributed by atoms with Crippen molar-refractivity contribution in [1.82, 2.24) is 0 Å². The van der Waals surface area contributed by atoms with Gasteiger partial charge in [-0.05, 0) is 65.7 Å². The SMILES string of the molecule is CCOC(=O)c1c(NC(=O)c2ccc(C)cc2C)sc2c1CC(C)(C)[NH2+]C2(C)C. The van der Waals surface area contributed by atoms with Crippen molar-refractivity contribution >= 4 is 28.2 Å². The van der Waals surface area contributed by atoms with E-state index < -0.39 is 0 Å². The molecule has 6 heteroatoms. The zero-order chi connectivity index (χ0) is 21.6. The first-order chi connectivity index (χ1) is 13.4. The third kappa shape index (κ3) is 4.23. The minimum Gasteiger partial charge on any atom is -0.462 e. The number of aryl methyl sites for hydroxylation is 2. The van der Waals surface area contributed by atoms with Gasteiger partial charge in [-0.25, -0.2) is 4.79 Å². The molecule has 0 radical (unpaired) electrons. The average Bonchev–Trinajstić information content (AvgIpc) is 2.91. The molecule has 0 fully saturated rings. The number of hydrogen-bond donors (Lipinski definition) is 2. The van der Waals surface area contributed by atoms with Gasteiger partial charge in [-0.15, -0.1) is 11.3 Å². The normalized spacial score (nSPS) is 16.8. The van der Waals surface area contributed by atoms with E-state index in [-0.39, 0.29) is 23.0 Å². The van der Waals surface area contributed by atoms with Gasteiger partial charge < -0.3 is 15.4 Å². The number of amides is 1. The van der Waals surface area contributed by atoms with Crippen LogP contribution in [0.4, 0.5) is 5.00 Å². The second-order valence-electron chi connectivity index (χ2n) is 9.14. The van der Waals surface area contributed by atoms with Crippen molar-refractivity contribution in [2.75, 3.05) is 11.9 Å². The lowest BCUT2D eigenvalue weighted by molar-refractivity contribution is -0.789. The molecule has 0 saturated heterocycles. The number of rotatable bonds is 4. The Kier molecular flexibility index (Phi) is 5.62. The van der Waals surface area contributed by atoms with Crippen LogP contribution in [0.25, 0.3) is 0 Å². The smallest absolute Gasteiger partial charge is 0.341 e. The molecule has 3 rings (SSSR count). The molecule has 1 aliphatic rings. The van der Waals surface area contributed by atoms with E-state index in [4.69, 9.17) is 4.74 Å². The fourth-order valence-corrected chi connectivity index (χ4v) is 5.73. The van der Waals surface area contributed by atoms with Crippen LogP contribution in [-0.4, -0.2) is 24.0 Å². The number of quaternary nitrogens is 1. The lowest BCUT2D eigenvalue weighted by Gasteiger charge is -2.38. The van der Waals surface area contributed by atoms with Crippen molar-refractivity contribution in [1.29, 1.82) is 0 Å². The number of esters is 1. The maximum atomic E-state index is 13.0. The van der Waals surface area contributed by atoms with Crippen LogP contribution in [0.1, 0.15) is 76.9 Å². The molecule has 0 aliphatic carbocycles. The van der Waals surface area contributed by atoms with Crippen molar-refractivity contribution in [3.8, 4) is 0 Å². The van der Waals surface area contributed by atoms with Crippen LogP contribution >= 0.6 is 11.3 Å². The van der Waals surface area contributed by atoms with E-state index in [2.05, 4.69) is 38.3 Å². The summed E-state index contributed by atoms with van der Waals surface area (Å²) in [7, 11) is 0. The van der Waals surface area contributed by atoms with E-state index in [1.54, 1.807) is 6.92 Å². The van der Waals surface area contributed by atoms with Gasteiger partial charge in [0.1, 0.15) is 10.5 Å². The first-order valence-corrected chi connectivity index (χ1v) is 10.9. The van der Waals surface area contributed by atoms with Crippen molar-refractivity contribution < 1.29 is 19.6 Å². The van der Waals surface area contributed by atoms with Crippen molar-refractivity contribution in [2.45, 2.75) is 66.0 Å². The number of anilines is 1. The minimum atomic E-state index is -0.366. The summed E-state index contributed by atoms with van der Waals surface area (Å²) in [5.41, 5.74) is 3.91. The molecular weight excluding hydrogens is 384 g/mol. The van der Waals surface area contributed by atoms with E-state index in [0.29, 0.717) is 22.7 Å². The standard InChI is InChI=1S/C23H30N2O3S/c1-8-28-21(27)17-16-12-22(4,5)25-23(6,7)18(16)29-20(17)24-19(26)15-10-9-13(2)11-14(15)3/h9-11,25H,8,12H2,1-7H3,(H,24,26)/p+1. The van der Waals surface area contributed by atoms with E-state index >= 15 is 0 Å². The van der Waals surface area contributed by atoms with Gasteiger partial charge >= 0.3 is 5.97 Å². The summed E-state index contributed by atoms with van der Waals surface area (Å²) in [6.07, 6.45) is 0.746. The Labute approximate surface area is 176 Å². The fourth-order valence-electron chi connectivity index (χ4n) is 4.45. The molecule has 2 heterocycles. The molecule has 156 valence electrons. The molecule has 1 aliphatic heterocycles. The highest BCUT2D eigenvalue weighted by Gasteiger charge is 2.45. The molecule has 1 aromatic heterocycles. The second kappa shape index (κ2) is 7.58. The summed E-state index contributed by atoms with van der Waals surface area (Å²) in [5, 5.41) is 5.93. The first kappa shape index (κ1) is 21.5. The van der Waals surface area contributed by atoms with Gasteiger partial charge in [-0.3, -0.25) is 4.79 Å². The van der Waals surface area contributed by atoms with Crippen molar-refractivity contribution in [3.63, 3.8) is 0 Å². The summed E-state index contributed by atoms with van der Waals surface area (Å²) >= 11 is 1.49. The highest BCUT2D eigenvalue weighted by molar-refractivity contribution is 7.17. The maximum absolute atomic E-state index is 13.0. The number of hydrogen-bond acceptors (Lipinski definition) is 4. The van der Waals surface area contributed by atoms with Crippen molar-refractivity contribution in [2.24, 2.45) is 0 Å². The number of nitrogens with one attached hydrogen (secondary N) is 1. The Balaban J connectivity index is 2.08. The maximum Gasteiger partial charge on any atom is 0.341 e. The molecule has 0 bridgehead atoms. The van der Waals surface area contributed by atoms with Crippen LogP contribution in [0.15, 0.2) is 18.2 Å². The van der Waals surface area contributed by atoms with E-state index in [1.165, 1.54) is 11.3 Å². The zero-order valence-corrected chi connectivity index (χ0v) is 19.2. The third-order valence-electron chi connectivity index (χ3n) is 5.31. The van der Waals surface area contributed by atoms with Gasteiger partial charge in [0.2, 0.25) is 0 Å². The highest BCUT2D eigenvalue weighted by Crippen LogP contribution is 2.42. The van der Waals surface area contributed by atoms with Crippen LogP contribution < -0.4 is 10.6 Å². The monoisotopic (exact) mass is 415 g/mol. The molecule has 29 heavy (non-hydrogen) atoms. The molecule has 2 aromatic rings. The van der Waals surface area contributed by atoms with Gasteiger partial charge in [0, 0.05) is 12.0 Å². The molecule has 5 nitrogen and oxygen atoms in total. The third-order valence-corrected chi connectivity index (χ3v) is 6.80. The summed E-state index contributed by atoms with van der Waals surface area (Å²) in [6, 6.07) is 5.74. The molecule has 3 N–H and O–H groups in total. The Bertz CT molecular complexity index is 973. The molecule has 0 spiro atoms. The molecule has 0 saturated carbocycles. The molecular formula is C23H31N2O3S+. The first-order valence-electron chi connectivity index (χ1n) is 10.0. The molecule has 0 atom stereocenters. The van der Waals surface area contributed by atoms with Crippen LogP contribution in [-0.2, 0) is 16.7 Å². The lowest BCUT2D eigenvalue weighted by Crippen LogP contribution is -3.03. The summed E-state index contributed by atoms with van der Waals surface area (Å²) in [4.78, 5) is 27.0. The minimum absolute atomic E-state index is 0.0480. The van der Waals surface area contributed by atoms with Gasteiger partial charge in [-0.1, -0.05) is 17.7 Å². The zero-order valence-electron chi connectivity index (χ0n) is 18.4. The topological polar surface area (TPSA) is 72.0 Å². The molecule has 1 aromatic carbocycles. The molecule has 1 amide bonds. The van der Waals surface area contributed by atoms with Gasteiger partial charge in [0.05, 0.1) is 22.6 Å². The Morgan fingerprint density at radius 1 is 1.21 bits per heavy atom. The van der Waals surface area contributed by atoms with Crippen LogP contribution in [0.5, 0.6) is 0 Å².